The van der Waals surface area contributed by atoms with E-state index >= 15 is 0 Å². The van der Waals surface area contributed by atoms with Crippen molar-refractivity contribution in [3.8, 4) is 11.3 Å². The Labute approximate surface area is 100 Å². The fourth-order valence-corrected chi connectivity index (χ4v) is 2.51. The van der Waals surface area contributed by atoms with E-state index in [1.807, 2.05) is 12.1 Å². The SMILES string of the molecule is Cn1c(-c2ccc(F)cc2)cc2c1CCNC2. The van der Waals surface area contributed by atoms with Gasteiger partial charge in [0.05, 0.1) is 0 Å². The molecule has 0 fully saturated rings. The summed E-state index contributed by atoms with van der Waals surface area (Å²) in [6, 6.07) is 8.90. The van der Waals surface area contributed by atoms with Crippen molar-refractivity contribution in [2.45, 2.75) is 13.0 Å². The van der Waals surface area contributed by atoms with E-state index in [0.717, 1.165) is 25.1 Å². The van der Waals surface area contributed by atoms with Gasteiger partial charge in [-0.15, -0.1) is 0 Å². The fourth-order valence-electron chi connectivity index (χ4n) is 2.51. The van der Waals surface area contributed by atoms with Gasteiger partial charge >= 0.3 is 0 Å². The van der Waals surface area contributed by atoms with Crippen LogP contribution in [0.2, 0.25) is 0 Å². The summed E-state index contributed by atoms with van der Waals surface area (Å²) in [5, 5.41) is 3.37. The number of halogens is 1. The predicted octanol–water partition coefficient (Wildman–Crippen LogP) is 2.48. The Hall–Kier alpha value is -1.61. The third-order valence-electron chi connectivity index (χ3n) is 3.44. The summed E-state index contributed by atoms with van der Waals surface area (Å²) in [4.78, 5) is 0. The van der Waals surface area contributed by atoms with Crippen LogP contribution in [0, 0.1) is 5.82 Å². The number of hydrogen-bond acceptors (Lipinski definition) is 1. The number of nitrogens with one attached hydrogen (secondary N) is 1. The lowest BCUT2D eigenvalue weighted by Crippen LogP contribution is -2.24. The summed E-state index contributed by atoms with van der Waals surface area (Å²) < 4.78 is 15.1. The van der Waals surface area contributed by atoms with Crippen molar-refractivity contribution < 1.29 is 4.39 Å². The molecule has 0 radical (unpaired) electrons. The van der Waals surface area contributed by atoms with E-state index < -0.39 is 0 Å². The standard InChI is InChI=1S/C14H15FN2/c1-17-13-6-7-16-9-11(13)8-14(17)10-2-4-12(15)5-3-10/h2-5,8,16H,6-7,9H2,1H3. The molecule has 17 heavy (non-hydrogen) atoms. The maximum Gasteiger partial charge on any atom is 0.123 e. The summed E-state index contributed by atoms with van der Waals surface area (Å²) in [7, 11) is 2.09. The Balaban J connectivity index is 2.09. The molecule has 3 heteroatoms. The van der Waals surface area contributed by atoms with Gasteiger partial charge in [0.2, 0.25) is 0 Å². The minimum atomic E-state index is -0.186. The molecule has 1 aromatic heterocycles. The summed E-state index contributed by atoms with van der Waals surface area (Å²) in [6.45, 7) is 1.97. The average molecular weight is 230 g/mol. The minimum Gasteiger partial charge on any atom is -0.347 e. The Morgan fingerprint density at radius 2 is 2.00 bits per heavy atom. The van der Waals surface area contributed by atoms with Crippen LogP contribution >= 0.6 is 0 Å². The zero-order valence-corrected chi connectivity index (χ0v) is 9.83. The first-order valence-electron chi connectivity index (χ1n) is 5.90. The van der Waals surface area contributed by atoms with E-state index in [2.05, 4.69) is 23.0 Å². The molecule has 0 spiro atoms. The van der Waals surface area contributed by atoms with Crippen molar-refractivity contribution in [2.75, 3.05) is 6.54 Å². The lowest BCUT2D eigenvalue weighted by atomic mass is 10.1. The molecule has 0 unspecified atom stereocenters. The number of rotatable bonds is 1. The monoisotopic (exact) mass is 230 g/mol. The smallest absolute Gasteiger partial charge is 0.123 e. The van der Waals surface area contributed by atoms with Crippen molar-refractivity contribution in [3.05, 3.63) is 47.4 Å². The van der Waals surface area contributed by atoms with Gasteiger partial charge in [0, 0.05) is 37.9 Å². The normalized spacial score (nSPS) is 14.7. The van der Waals surface area contributed by atoms with Gasteiger partial charge in [-0.25, -0.2) is 4.39 Å². The highest BCUT2D eigenvalue weighted by Crippen LogP contribution is 2.26. The number of benzene rings is 1. The van der Waals surface area contributed by atoms with Crippen LogP contribution in [0.5, 0.6) is 0 Å². The predicted molar refractivity (Wildman–Crippen MR) is 66.2 cm³/mol. The van der Waals surface area contributed by atoms with Gasteiger partial charge in [0.25, 0.3) is 0 Å². The van der Waals surface area contributed by atoms with Gasteiger partial charge in [-0.1, -0.05) is 0 Å². The van der Waals surface area contributed by atoms with E-state index in [1.165, 1.54) is 29.1 Å². The highest BCUT2D eigenvalue weighted by atomic mass is 19.1. The second-order valence-electron chi connectivity index (χ2n) is 4.49. The number of nitrogens with zero attached hydrogens (tertiary/aromatic N) is 1. The molecule has 0 saturated heterocycles. The van der Waals surface area contributed by atoms with Crippen LogP contribution in [0.4, 0.5) is 4.39 Å². The third-order valence-corrected chi connectivity index (χ3v) is 3.44. The molecule has 2 nitrogen and oxygen atoms in total. The van der Waals surface area contributed by atoms with Crippen molar-refractivity contribution in [1.82, 2.24) is 9.88 Å². The van der Waals surface area contributed by atoms with Crippen molar-refractivity contribution in [3.63, 3.8) is 0 Å². The maximum atomic E-state index is 12.9. The number of hydrogen-bond donors (Lipinski definition) is 1. The average Bonchev–Trinajstić information content (AvgIpc) is 2.69. The zero-order valence-electron chi connectivity index (χ0n) is 9.83. The van der Waals surface area contributed by atoms with E-state index in [-0.39, 0.29) is 5.82 Å². The quantitative estimate of drug-likeness (QED) is 0.796. The largest absolute Gasteiger partial charge is 0.347 e. The molecular formula is C14H15FN2. The molecule has 3 rings (SSSR count). The highest BCUT2D eigenvalue weighted by Gasteiger charge is 2.16. The van der Waals surface area contributed by atoms with E-state index in [4.69, 9.17) is 0 Å². The Kier molecular flexibility index (Phi) is 2.48. The highest BCUT2D eigenvalue weighted by molar-refractivity contribution is 5.62. The van der Waals surface area contributed by atoms with Crippen LogP contribution in [-0.2, 0) is 20.0 Å². The second kappa shape index (κ2) is 4.00. The number of aromatic nitrogens is 1. The van der Waals surface area contributed by atoms with Gasteiger partial charge in [0.15, 0.2) is 0 Å². The molecule has 0 atom stereocenters. The maximum absolute atomic E-state index is 12.9. The van der Waals surface area contributed by atoms with Crippen molar-refractivity contribution in [1.29, 1.82) is 0 Å². The van der Waals surface area contributed by atoms with Crippen molar-refractivity contribution in [2.24, 2.45) is 7.05 Å². The van der Waals surface area contributed by atoms with Crippen LogP contribution in [0.15, 0.2) is 30.3 Å². The summed E-state index contributed by atoms with van der Waals surface area (Å²) >= 11 is 0. The Morgan fingerprint density at radius 3 is 2.71 bits per heavy atom. The Morgan fingerprint density at radius 1 is 1.24 bits per heavy atom. The van der Waals surface area contributed by atoms with Crippen LogP contribution < -0.4 is 5.32 Å². The summed E-state index contributed by atoms with van der Waals surface area (Å²) in [5.41, 5.74) is 4.99. The first kappa shape index (κ1) is 10.5. The molecule has 1 aliphatic rings. The molecule has 0 saturated carbocycles. The summed E-state index contributed by atoms with van der Waals surface area (Å²) in [5.74, 6) is -0.186. The van der Waals surface area contributed by atoms with E-state index in [1.54, 1.807) is 0 Å². The lowest BCUT2D eigenvalue weighted by Gasteiger charge is -2.14. The van der Waals surface area contributed by atoms with Gasteiger partial charge in [-0.3, -0.25) is 0 Å². The fraction of sp³-hybridized carbons (Fsp3) is 0.286. The first-order valence-corrected chi connectivity index (χ1v) is 5.90. The molecule has 2 heterocycles. The summed E-state index contributed by atoms with van der Waals surface area (Å²) in [6.07, 6.45) is 1.06. The molecule has 88 valence electrons. The van der Waals surface area contributed by atoms with E-state index in [0.29, 0.717) is 0 Å². The lowest BCUT2D eigenvalue weighted by molar-refractivity contribution is 0.618. The second-order valence-corrected chi connectivity index (χ2v) is 4.49. The Bertz CT molecular complexity index is 540. The van der Waals surface area contributed by atoms with Gasteiger partial charge in [0.1, 0.15) is 5.82 Å². The van der Waals surface area contributed by atoms with Gasteiger partial charge in [-0.05, 0) is 41.5 Å². The zero-order chi connectivity index (χ0) is 11.8. The molecule has 0 amide bonds. The van der Waals surface area contributed by atoms with Crippen molar-refractivity contribution >= 4 is 0 Å². The molecule has 0 aliphatic carbocycles. The molecule has 1 N–H and O–H groups in total. The van der Waals surface area contributed by atoms with Crippen LogP contribution in [0.1, 0.15) is 11.3 Å². The van der Waals surface area contributed by atoms with Crippen LogP contribution in [-0.4, -0.2) is 11.1 Å². The molecule has 1 aromatic carbocycles. The molecular weight excluding hydrogens is 215 g/mol. The third kappa shape index (κ3) is 1.76. The van der Waals surface area contributed by atoms with E-state index in [9.17, 15) is 4.39 Å². The van der Waals surface area contributed by atoms with Crippen LogP contribution in [0.3, 0.4) is 0 Å². The minimum absolute atomic E-state index is 0.186. The molecule has 2 aromatic rings. The molecule has 0 bridgehead atoms. The van der Waals surface area contributed by atoms with Gasteiger partial charge in [-0.2, -0.15) is 0 Å². The number of fused-ring (bicyclic) bond motifs is 1. The van der Waals surface area contributed by atoms with Crippen LogP contribution in [0.25, 0.3) is 11.3 Å². The van der Waals surface area contributed by atoms with Gasteiger partial charge < -0.3 is 9.88 Å². The molecule has 1 aliphatic heterocycles. The topological polar surface area (TPSA) is 17.0 Å². The first-order chi connectivity index (χ1) is 8.25.